The van der Waals surface area contributed by atoms with Crippen LogP contribution in [-0.4, -0.2) is 34.1 Å². The van der Waals surface area contributed by atoms with Crippen molar-refractivity contribution in [2.24, 2.45) is 0 Å². The fourth-order valence-electron chi connectivity index (χ4n) is 3.20. The molecule has 1 aliphatic rings. The molecule has 3 nitrogen and oxygen atoms in total. The van der Waals surface area contributed by atoms with Crippen molar-refractivity contribution in [3.8, 4) is 0 Å². The number of fused-ring (bicyclic) bond motifs is 1. The molecule has 1 aliphatic heterocycles. The number of thioether (sulfide) groups is 1. The number of para-hydroxylation sites is 1. The van der Waals surface area contributed by atoms with E-state index < -0.39 is 0 Å². The maximum absolute atomic E-state index is 12.5. The number of hydrogen-bond donors (Lipinski definition) is 0. The standard InChI is InChI=1S/C19H24N2OS/c1-3-15-12-16-9-4-5-10-17(16)20-19(15)23-13-18(22)21-11-7-6-8-14(21)2/h4-5,9-10,12,14H,3,6-8,11,13H2,1-2H3. The van der Waals surface area contributed by atoms with Gasteiger partial charge in [-0.3, -0.25) is 4.79 Å². The van der Waals surface area contributed by atoms with E-state index in [1.807, 2.05) is 23.1 Å². The van der Waals surface area contributed by atoms with Crippen molar-refractivity contribution in [1.29, 1.82) is 0 Å². The number of aromatic nitrogens is 1. The van der Waals surface area contributed by atoms with Gasteiger partial charge in [0.1, 0.15) is 5.03 Å². The maximum atomic E-state index is 12.5. The van der Waals surface area contributed by atoms with Gasteiger partial charge in [0.05, 0.1) is 11.3 Å². The number of piperidine rings is 1. The molecule has 4 heteroatoms. The predicted octanol–water partition coefficient (Wildman–Crippen LogP) is 4.29. The summed E-state index contributed by atoms with van der Waals surface area (Å²) in [7, 11) is 0. The molecule has 0 N–H and O–H groups in total. The van der Waals surface area contributed by atoms with Gasteiger partial charge in [-0.1, -0.05) is 36.9 Å². The number of benzene rings is 1. The Bertz CT molecular complexity index is 701. The van der Waals surface area contributed by atoms with Crippen LogP contribution >= 0.6 is 11.8 Å². The molecule has 23 heavy (non-hydrogen) atoms. The number of amides is 1. The first-order valence-electron chi connectivity index (χ1n) is 8.50. The SMILES string of the molecule is CCc1cc2ccccc2nc1SCC(=O)N1CCCCC1C. The first kappa shape index (κ1) is 16.3. The van der Waals surface area contributed by atoms with Crippen LogP contribution in [0.1, 0.15) is 38.7 Å². The molecule has 0 spiro atoms. The quantitative estimate of drug-likeness (QED) is 0.785. The van der Waals surface area contributed by atoms with E-state index in [0.29, 0.717) is 11.8 Å². The second kappa shape index (κ2) is 7.35. The lowest BCUT2D eigenvalue weighted by Crippen LogP contribution is -2.42. The Balaban J connectivity index is 1.74. The van der Waals surface area contributed by atoms with Gasteiger partial charge in [-0.2, -0.15) is 0 Å². The minimum atomic E-state index is 0.249. The van der Waals surface area contributed by atoms with Crippen LogP contribution in [0.25, 0.3) is 10.9 Å². The summed E-state index contributed by atoms with van der Waals surface area (Å²) < 4.78 is 0. The number of carbonyl (C=O) groups is 1. The minimum Gasteiger partial charge on any atom is -0.339 e. The zero-order valence-corrected chi connectivity index (χ0v) is 14.7. The summed E-state index contributed by atoms with van der Waals surface area (Å²) in [5.74, 6) is 0.738. The first-order chi connectivity index (χ1) is 11.2. The molecule has 0 bridgehead atoms. The van der Waals surface area contributed by atoms with Crippen LogP contribution in [0, 0.1) is 0 Å². The second-order valence-corrected chi connectivity index (χ2v) is 7.18. The third-order valence-corrected chi connectivity index (χ3v) is 5.62. The number of hydrogen-bond acceptors (Lipinski definition) is 3. The van der Waals surface area contributed by atoms with Crippen LogP contribution in [0.3, 0.4) is 0 Å². The highest BCUT2D eigenvalue weighted by Gasteiger charge is 2.23. The summed E-state index contributed by atoms with van der Waals surface area (Å²) in [6.07, 6.45) is 4.44. The molecule has 1 amide bonds. The zero-order valence-electron chi connectivity index (χ0n) is 13.9. The molecule has 1 saturated heterocycles. The topological polar surface area (TPSA) is 33.2 Å². The van der Waals surface area contributed by atoms with Crippen molar-refractivity contribution in [2.75, 3.05) is 12.3 Å². The van der Waals surface area contributed by atoms with Crippen molar-refractivity contribution < 1.29 is 4.79 Å². The molecular weight excluding hydrogens is 304 g/mol. The smallest absolute Gasteiger partial charge is 0.233 e. The van der Waals surface area contributed by atoms with Crippen LogP contribution in [0.4, 0.5) is 0 Å². The van der Waals surface area contributed by atoms with Gasteiger partial charge in [0, 0.05) is 18.0 Å². The average molecular weight is 328 g/mol. The molecule has 0 aliphatic carbocycles. The number of likely N-dealkylation sites (tertiary alicyclic amines) is 1. The monoisotopic (exact) mass is 328 g/mol. The van der Waals surface area contributed by atoms with E-state index in [2.05, 4.69) is 26.0 Å². The number of carbonyl (C=O) groups excluding carboxylic acids is 1. The van der Waals surface area contributed by atoms with Crippen molar-refractivity contribution >= 4 is 28.6 Å². The summed E-state index contributed by atoms with van der Waals surface area (Å²) in [5.41, 5.74) is 2.24. The Morgan fingerprint density at radius 2 is 2.17 bits per heavy atom. The van der Waals surface area contributed by atoms with Gasteiger partial charge < -0.3 is 4.90 Å². The van der Waals surface area contributed by atoms with Crippen LogP contribution in [0.5, 0.6) is 0 Å². The van der Waals surface area contributed by atoms with Gasteiger partial charge in [0.15, 0.2) is 0 Å². The molecule has 1 aromatic carbocycles. The Hall–Kier alpha value is -1.55. The largest absolute Gasteiger partial charge is 0.339 e. The van der Waals surface area contributed by atoms with Crippen molar-refractivity contribution in [2.45, 2.75) is 50.6 Å². The molecule has 3 rings (SSSR count). The first-order valence-corrected chi connectivity index (χ1v) is 9.48. The van der Waals surface area contributed by atoms with Gasteiger partial charge in [0.25, 0.3) is 0 Å². The molecule has 1 aromatic heterocycles. The molecule has 2 aromatic rings. The summed E-state index contributed by atoms with van der Waals surface area (Å²) in [6.45, 7) is 5.21. The molecule has 0 saturated carbocycles. The molecule has 122 valence electrons. The Labute approximate surface area is 142 Å². The summed E-state index contributed by atoms with van der Waals surface area (Å²) in [4.78, 5) is 19.3. The Kier molecular flexibility index (Phi) is 5.21. The van der Waals surface area contributed by atoms with Crippen LogP contribution in [-0.2, 0) is 11.2 Å². The fourth-order valence-corrected chi connectivity index (χ4v) is 4.18. The predicted molar refractivity (Wildman–Crippen MR) is 96.9 cm³/mol. The molecule has 1 unspecified atom stereocenters. The molecule has 1 fully saturated rings. The zero-order chi connectivity index (χ0) is 16.2. The van der Waals surface area contributed by atoms with E-state index in [4.69, 9.17) is 4.98 Å². The fraction of sp³-hybridized carbons (Fsp3) is 0.474. The van der Waals surface area contributed by atoms with Crippen LogP contribution < -0.4 is 0 Å². The van der Waals surface area contributed by atoms with Gasteiger partial charge >= 0.3 is 0 Å². The highest BCUT2D eigenvalue weighted by Crippen LogP contribution is 2.26. The lowest BCUT2D eigenvalue weighted by Gasteiger charge is -2.33. The minimum absolute atomic E-state index is 0.249. The number of aryl methyl sites for hydroxylation is 1. The van der Waals surface area contributed by atoms with Gasteiger partial charge in [-0.15, -0.1) is 0 Å². The molecular formula is C19H24N2OS. The highest BCUT2D eigenvalue weighted by atomic mass is 32.2. The van der Waals surface area contributed by atoms with E-state index in [1.165, 1.54) is 17.4 Å². The highest BCUT2D eigenvalue weighted by molar-refractivity contribution is 7.99. The lowest BCUT2D eigenvalue weighted by molar-refractivity contribution is -0.131. The lowest BCUT2D eigenvalue weighted by atomic mass is 10.0. The summed E-state index contributed by atoms with van der Waals surface area (Å²) in [6, 6.07) is 10.8. The van der Waals surface area contributed by atoms with E-state index in [-0.39, 0.29) is 5.91 Å². The van der Waals surface area contributed by atoms with Gasteiger partial charge in [-0.25, -0.2) is 4.98 Å². The number of pyridine rings is 1. The maximum Gasteiger partial charge on any atom is 0.233 e. The van der Waals surface area contributed by atoms with Gasteiger partial charge in [-0.05, 0) is 50.3 Å². The Morgan fingerprint density at radius 1 is 1.35 bits per heavy atom. The van der Waals surface area contributed by atoms with Crippen molar-refractivity contribution in [1.82, 2.24) is 9.88 Å². The third-order valence-electron chi connectivity index (χ3n) is 4.60. The second-order valence-electron chi connectivity index (χ2n) is 6.22. The summed E-state index contributed by atoms with van der Waals surface area (Å²) >= 11 is 1.59. The van der Waals surface area contributed by atoms with Crippen molar-refractivity contribution in [3.63, 3.8) is 0 Å². The Morgan fingerprint density at radius 3 is 2.96 bits per heavy atom. The van der Waals surface area contributed by atoms with Crippen LogP contribution in [0.2, 0.25) is 0 Å². The van der Waals surface area contributed by atoms with Crippen molar-refractivity contribution in [3.05, 3.63) is 35.9 Å². The van der Waals surface area contributed by atoms with Crippen LogP contribution in [0.15, 0.2) is 35.4 Å². The average Bonchev–Trinajstić information content (AvgIpc) is 2.59. The van der Waals surface area contributed by atoms with E-state index in [0.717, 1.165) is 36.3 Å². The molecule has 0 radical (unpaired) electrons. The van der Waals surface area contributed by atoms with E-state index >= 15 is 0 Å². The normalized spacial score (nSPS) is 18.3. The van der Waals surface area contributed by atoms with E-state index in [9.17, 15) is 4.79 Å². The number of nitrogens with zero attached hydrogens (tertiary/aromatic N) is 2. The van der Waals surface area contributed by atoms with Gasteiger partial charge in [0.2, 0.25) is 5.91 Å². The summed E-state index contributed by atoms with van der Waals surface area (Å²) in [5, 5.41) is 2.17. The number of rotatable bonds is 4. The third kappa shape index (κ3) is 3.69. The molecule has 2 heterocycles. The molecule has 1 atom stereocenters. The van der Waals surface area contributed by atoms with E-state index in [1.54, 1.807) is 11.8 Å².